The molecule has 0 radical (unpaired) electrons. The second-order valence-electron chi connectivity index (χ2n) is 4.00. The molecule has 0 saturated carbocycles. The largest absolute Gasteiger partial charge is 0.278 e. The van der Waals surface area contributed by atoms with Crippen molar-refractivity contribution < 1.29 is 12.8 Å². The number of rotatable bonds is 3. The average Bonchev–Trinajstić information content (AvgIpc) is 2.35. The summed E-state index contributed by atoms with van der Waals surface area (Å²) in [6.45, 7) is 1.50. The molecule has 0 aromatic heterocycles. The zero-order valence-electron chi connectivity index (χ0n) is 10.0. The number of benzene rings is 2. The van der Waals surface area contributed by atoms with Crippen LogP contribution < -0.4 is 4.72 Å². The van der Waals surface area contributed by atoms with Gasteiger partial charge in [-0.15, -0.1) is 0 Å². The Morgan fingerprint density at radius 2 is 1.84 bits per heavy atom. The second kappa shape index (κ2) is 5.19. The van der Waals surface area contributed by atoms with E-state index in [-0.39, 0.29) is 16.1 Å². The van der Waals surface area contributed by atoms with Gasteiger partial charge in [0, 0.05) is 0 Å². The van der Waals surface area contributed by atoms with Crippen LogP contribution in [0.3, 0.4) is 0 Å². The molecule has 0 atom stereocenters. The van der Waals surface area contributed by atoms with Gasteiger partial charge in [0.15, 0.2) is 0 Å². The van der Waals surface area contributed by atoms with Gasteiger partial charge in [-0.3, -0.25) is 4.72 Å². The highest BCUT2D eigenvalue weighted by molar-refractivity contribution is 7.92. The summed E-state index contributed by atoms with van der Waals surface area (Å²) in [6.07, 6.45) is 0. The van der Waals surface area contributed by atoms with Crippen LogP contribution in [0.15, 0.2) is 47.4 Å². The number of hydrogen-bond donors (Lipinski definition) is 1. The summed E-state index contributed by atoms with van der Waals surface area (Å²) in [5, 5.41) is 0.296. The van der Waals surface area contributed by atoms with Crippen molar-refractivity contribution in [1.82, 2.24) is 0 Å². The van der Waals surface area contributed by atoms with Gasteiger partial charge in [-0.1, -0.05) is 23.7 Å². The van der Waals surface area contributed by atoms with Gasteiger partial charge in [-0.25, -0.2) is 12.8 Å². The Bertz CT molecular complexity index is 716. The number of halogens is 2. The molecule has 0 spiro atoms. The van der Waals surface area contributed by atoms with Crippen molar-refractivity contribution in [3.05, 3.63) is 58.9 Å². The van der Waals surface area contributed by atoms with Crippen molar-refractivity contribution in [3.63, 3.8) is 0 Å². The zero-order chi connectivity index (χ0) is 14.0. The summed E-state index contributed by atoms with van der Waals surface area (Å²) in [4.78, 5) is -0.00804. The molecule has 2 aromatic rings. The lowest BCUT2D eigenvalue weighted by molar-refractivity contribution is 0.598. The van der Waals surface area contributed by atoms with Crippen LogP contribution in [0.2, 0.25) is 5.02 Å². The van der Waals surface area contributed by atoms with Crippen molar-refractivity contribution in [3.8, 4) is 0 Å². The smallest absolute Gasteiger partial charge is 0.261 e. The Kier molecular flexibility index (Phi) is 3.78. The van der Waals surface area contributed by atoms with Crippen molar-refractivity contribution >= 4 is 27.3 Å². The highest BCUT2D eigenvalue weighted by Gasteiger charge is 2.16. The normalized spacial score (nSPS) is 11.3. The van der Waals surface area contributed by atoms with Crippen LogP contribution in [0, 0.1) is 12.7 Å². The van der Waals surface area contributed by atoms with Gasteiger partial charge in [0.2, 0.25) is 0 Å². The van der Waals surface area contributed by atoms with E-state index in [1.165, 1.54) is 19.1 Å². The predicted octanol–water partition coefficient (Wildman–Crippen LogP) is 3.59. The monoisotopic (exact) mass is 299 g/mol. The molecule has 0 bridgehead atoms. The standard InChI is InChI=1S/C13H11ClFNO2S/c1-9-8-10(6-7-12(9)15)19(17,18)16-13-5-3-2-4-11(13)14/h2-8,16H,1H3. The Labute approximate surface area is 116 Å². The molecular formula is C13H11ClFNO2S. The molecule has 6 heteroatoms. The molecule has 0 aliphatic carbocycles. The first kappa shape index (κ1) is 13.8. The topological polar surface area (TPSA) is 46.2 Å². The Morgan fingerprint density at radius 3 is 2.47 bits per heavy atom. The highest BCUT2D eigenvalue weighted by atomic mass is 35.5. The number of para-hydroxylation sites is 1. The van der Waals surface area contributed by atoms with Crippen LogP contribution >= 0.6 is 11.6 Å². The molecule has 3 nitrogen and oxygen atoms in total. The first-order valence-electron chi connectivity index (χ1n) is 5.43. The lowest BCUT2D eigenvalue weighted by Gasteiger charge is -2.10. The van der Waals surface area contributed by atoms with Crippen LogP contribution in [0.1, 0.15) is 5.56 Å². The fourth-order valence-corrected chi connectivity index (χ4v) is 2.94. The molecule has 2 rings (SSSR count). The third-order valence-electron chi connectivity index (χ3n) is 2.56. The fraction of sp³-hybridized carbons (Fsp3) is 0.0769. The summed E-state index contributed by atoms with van der Waals surface area (Å²) in [5.74, 6) is -0.448. The van der Waals surface area contributed by atoms with E-state index < -0.39 is 15.8 Å². The second-order valence-corrected chi connectivity index (χ2v) is 6.09. The Balaban J connectivity index is 2.38. The van der Waals surface area contributed by atoms with E-state index >= 15 is 0 Å². The summed E-state index contributed by atoms with van der Waals surface area (Å²) in [7, 11) is -3.78. The number of sulfonamides is 1. The van der Waals surface area contributed by atoms with Crippen molar-refractivity contribution in [1.29, 1.82) is 0 Å². The molecule has 19 heavy (non-hydrogen) atoms. The Morgan fingerprint density at radius 1 is 1.16 bits per heavy atom. The first-order valence-corrected chi connectivity index (χ1v) is 7.30. The summed E-state index contributed by atoms with van der Waals surface area (Å²) in [6, 6.07) is 10.1. The first-order chi connectivity index (χ1) is 8.90. The maximum atomic E-state index is 13.1. The molecule has 0 unspecified atom stereocenters. The highest BCUT2D eigenvalue weighted by Crippen LogP contribution is 2.24. The van der Waals surface area contributed by atoms with E-state index in [9.17, 15) is 12.8 Å². The minimum Gasteiger partial charge on any atom is -0.278 e. The van der Waals surface area contributed by atoms with E-state index in [0.29, 0.717) is 5.02 Å². The van der Waals surface area contributed by atoms with Gasteiger partial charge >= 0.3 is 0 Å². The van der Waals surface area contributed by atoms with Gasteiger partial charge in [0.25, 0.3) is 10.0 Å². The van der Waals surface area contributed by atoms with Gasteiger partial charge in [0.05, 0.1) is 15.6 Å². The van der Waals surface area contributed by atoms with Crippen molar-refractivity contribution in [2.75, 3.05) is 4.72 Å². The quantitative estimate of drug-likeness (QED) is 0.941. The van der Waals surface area contributed by atoms with E-state index in [2.05, 4.69) is 4.72 Å². The third kappa shape index (κ3) is 3.05. The van der Waals surface area contributed by atoms with E-state index in [4.69, 9.17) is 11.6 Å². The van der Waals surface area contributed by atoms with Crippen LogP contribution in [0.5, 0.6) is 0 Å². The van der Waals surface area contributed by atoms with Crippen molar-refractivity contribution in [2.45, 2.75) is 11.8 Å². The van der Waals surface area contributed by atoms with Crippen LogP contribution in [0.4, 0.5) is 10.1 Å². The SMILES string of the molecule is Cc1cc(S(=O)(=O)Nc2ccccc2Cl)ccc1F. The molecular weight excluding hydrogens is 289 g/mol. The van der Waals surface area contributed by atoms with Gasteiger partial charge in [-0.05, 0) is 42.8 Å². The summed E-state index contributed by atoms with van der Waals surface area (Å²) in [5.41, 5.74) is 0.549. The predicted molar refractivity (Wildman–Crippen MR) is 73.4 cm³/mol. The maximum absolute atomic E-state index is 13.1. The van der Waals surface area contributed by atoms with Gasteiger partial charge in [-0.2, -0.15) is 0 Å². The summed E-state index contributed by atoms with van der Waals surface area (Å²) >= 11 is 5.89. The molecule has 1 N–H and O–H groups in total. The number of nitrogens with one attached hydrogen (secondary N) is 1. The number of aryl methyl sites for hydroxylation is 1. The maximum Gasteiger partial charge on any atom is 0.261 e. The Hall–Kier alpha value is -1.59. The summed E-state index contributed by atoms with van der Waals surface area (Å²) < 4.78 is 39.8. The molecule has 0 aliphatic heterocycles. The van der Waals surface area contributed by atoms with Crippen LogP contribution in [-0.4, -0.2) is 8.42 Å². The molecule has 0 aliphatic rings. The molecule has 0 amide bonds. The molecule has 0 heterocycles. The van der Waals surface area contributed by atoms with E-state index in [1.807, 2.05) is 0 Å². The fourth-order valence-electron chi connectivity index (χ4n) is 1.53. The van der Waals surface area contributed by atoms with E-state index in [1.54, 1.807) is 24.3 Å². The van der Waals surface area contributed by atoms with Crippen molar-refractivity contribution in [2.24, 2.45) is 0 Å². The molecule has 2 aromatic carbocycles. The zero-order valence-corrected chi connectivity index (χ0v) is 11.6. The molecule has 100 valence electrons. The number of hydrogen-bond acceptors (Lipinski definition) is 2. The minimum atomic E-state index is -3.78. The van der Waals surface area contributed by atoms with Crippen LogP contribution in [-0.2, 0) is 10.0 Å². The lowest BCUT2D eigenvalue weighted by Crippen LogP contribution is -2.13. The van der Waals surface area contributed by atoms with Crippen LogP contribution in [0.25, 0.3) is 0 Å². The lowest BCUT2D eigenvalue weighted by atomic mass is 10.2. The van der Waals surface area contributed by atoms with E-state index in [0.717, 1.165) is 6.07 Å². The third-order valence-corrected chi connectivity index (χ3v) is 4.25. The molecule has 0 saturated heterocycles. The minimum absolute atomic E-state index is 0.00804. The van der Waals surface area contributed by atoms with Gasteiger partial charge < -0.3 is 0 Å². The molecule has 0 fully saturated rings. The number of anilines is 1. The average molecular weight is 300 g/mol. The van der Waals surface area contributed by atoms with Gasteiger partial charge in [0.1, 0.15) is 5.82 Å².